The summed E-state index contributed by atoms with van der Waals surface area (Å²) in [6.07, 6.45) is 0.829. The van der Waals surface area contributed by atoms with Gasteiger partial charge in [0.05, 0.1) is 6.61 Å². The van der Waals surface area contributed by atoms with Crippen LogP contribution in [0.25, 0.3) is 0 Å². The van der Waals surface area contributed by atoms with Crippen molar-refractivity contribution in [2.75, 3.05) is 45.1 Å². The van der Waals surface area contributed by atoms with Gasteiger partial charge in [-0.05, 0) is 30.9 Å². The van der Waals surface area contributed by atoms with E-state index < -0.39 is 25.2 Å². The van der Waals surface area contributed by atoms with Crippen LogP contribution in [0.3, 0.4) is 0 Å². The second kappa shape index (κ2) is 8.63. The molecule has 2 unspecified atom stereocenters. The minimum Gasteiger partial charge on any atom is -0.535 e. The maximum atomic E-state index is 12.4. The lowest BCUT2D eigenvalue weighted by molar-refractivity contribution is -0.139. The van der Waals surface area contributed by atoms with Crippen molar-refractivity contribution in [2.45, 2.75) is 35.5 Å². The van der Waals surface area contributed by atoms with Crippen molar-refractivity contribution in [1.82, 2.24) is 9.80 Å². The topological polar surface area (TPSA) is 137 Å². The number of rotatable bonds is 7. The fraction of sp³-hybridized carbons (Fsp3) is 0.600. The molecule has 0 aromatic heterocycles. The number of hydrogen-bond donors (Lipinski definition) is 4. The van der Waals surface area contributed by atoms with Gasteiger partial charge in [-0.2, -0.15) is 0 Å². The van der Waals surface area contributed by atoms with Crippen molar-refractivity contribution in [3.63, 3.8) is 0 Å². The van der Waals surface area contributed by atoms with Crippen LogP contribution in [0.4, 0.5) is 0 Å². The Morgan fingerprint density at radius 3 is 2.68 bits per heavy atom. The zero-order valence-corrected chi connectivity index (χ0v) is 18.3. The van der Waals surface area contributed by atoms with Crippen LogP contribution in [0.1, 0.15) is 35.2 Å². The van der Waals surface area contributed by atoms with E-state index in [-0.39, 0.29) is 23.2 Å². The predicted octanol–water partition coefficient (Wildman–Crippen LogP) is 0.0612. The van der Waals surface area contributed by atoms with Crippen LogP contribution in [0.2, 0.25) is 5.82 Å². The standard InChI is InChI=1S/C20H28BN3O6S/c1-20(22,11-25)19(28)24-6-4-23(5-7-24)8-9-31-15-3-2-12-13-10-14(13)21(29)30-17(12)16(15)18(26)27/h2-3,13-14,25,29H,4-11,22H2,1H3,(H,26,27)/t13?,14?,20-/m1/s1. The van der Waals surface area contributed by atoms with Gasteiger partial charge in [-0.3, -0.25) is 9.69 Å². The molecule has 2 aliphatic heterocycles. The van der Waals surface area contributed by atoms with Gasteiger partial charge in [0.15, 0.2) is 0 Å². The summed E-state index contributed by atoms with van der Waals surface area (Å²) in [5.74, 6) is -0.0310. The molecule has 31 heavy (non-hydrogen) atoms. The Morgan fingerprint density at radius 1 is 1.32 bits per heavy atom. The van der Waals surface area contributed by atoms with Crippen molar-refractivity contribution < 1.29 is 29.5 Å². The highest BCUT2D eigenvalue weighted by Crippen LogP contribution is 2.60. The highest BCUT2D eigenvalue weighted by atomic mass is 32.2. The van der Waals surface area contributed by atoms with Crippen LogP contribution < -0.4 is 10.4 Å². The molecule has 0 spiro atoms. The number of fused-ring (bicyclic) bond motifs is 3. The second-order valence-corrected chi connectivity index (χ2v) is 9.87. The van der Waals surface area contributed by atoms with E-state index >= 15 is 0 Å². The van der Waals surface area contributed by atoms with E-state index in [0.717, 1.165) is 18.5 Å². The second-order valence-electron chi connectivity index (χ2n) is 8.73. The van der Waals surface area contributed by atoms with Crippen LogP contribution >= 0.6 is 11.8 Å². The van der Waals surface area contributed by atoms with Crippen LogP contribution in [-0.4, -0.2) is 94.7 Å². The number of aliphatic hydroxyl groups excluding tert-OH is 1. The summed E-state index contributed by atoms with van der Waals surface area (Å²) in [6, 6.07) is 3.77. The average molecular weight is 449 g/mol. The molecule has 0 radical (unpaired) electrons. The number of thioether (sulfide) groups is 1. The predicted molar refractivity (Wildman–Crippen MR) is 117 cm³/mol. The zero-order valence-electron chi connectivity index (χ0n) is 17.5. The molecule has 2 heterocycles. The van der Waals surface area contributed by atoms with Crippen molar-refractivity contribution in [3.8, 4) is 5.75 Å². The summed E-state index contributed by atoms with van der Waals surface area (Å²) >= 11 is 1.46. The van der Waals surface area contributed by atoms with Crippen LogP contribution in [0.15, 0.2) is 17.0 Å². The Hall–Kier alpha value is -1.79. The summed E-state index contributed by atoms with van der Waals surface area (Å²) < 4.78 is 5.57. The molecular weight excluding hydrogens is 421 g/mol. The molecule has 5 N–H and O–H groups in total. The highest BCUT2D eigenvalue weighted by Gasteiger charge is 2.54. The monoisotopic (exact) mass is 449 g/mol. The number of aromatic carboxylic acids is 1. The first-order valence-electron chi connectivity index (χ1n) is 10.5. The summed E-state index contributed by atoms with van der Waals surface area (Å²) in [6.45, 7) is 4.37. The lowest BCUT2D eigenvalue weighted by Gasteiger charge is -2.38. The van der Waals surface area contributed by atoms with Crippen LogP contribution in [0.5, 0.6) is 5.75 Å². The highest BCUT2D eigenvalue weighted by molar-refractivity contribution is 7.99. The van der Waals surface area contributed by atoms with E-state index in [1.165, 1.54) is 18.7 Å². The number of aliphatic hydroxyl groups is 1. The Morgan fingerprint density at radius 2 is 2.03 bits per heavy atom. The molecule has 1 saturated carbocycles. The van der Waals surface area contributed by atoms with Crippen LogP contribution in [0, 0.1) is 0 Å². The van der Waals surface area contributed by atoms with Crippen molar-refractivity contribution in [2.24, 2.45) is 5.73 Å². The summed E-state index contributed by atoms with van der Waals surface area (Å²) in [7, 11) is -0.934. The third-order valence-corrected chi connectivity index (χ3v) is 7.39. The molecule has 1 saturated heterocycles. The van der Waals surface area contributed by atoms with Crippen molar-refractivity contribution in [3.05, 3.63) is 23.3 Å². The number of carbonyl (C=O) groups excluding carboxylic acids is 1. The molecular formula is C20H28BN3O6S. The number of carboxylic acids is 1. The van der Waals surface area contributed by atoms with Gasteiger partial charge in [-0.15, -0.1) is 11.8 Å². The molecule has 9 nitrogen and oxygen atoms in total. The smallest absolute Gasteiger partial charge is 0.526 e. The van der Waals surface area contributed by atoms with E-state index in [1.807, 2.05) is 12.1 Å². The Labute approximate surface area is 185 Å². The number of nitrogens with zero attached hydrogens (tertiary/aromatic N) is 2. The SMILES string of the molecule is C[C@@](N)(CO)C(=O)N1CCN(CCSc2ccc3c(c2C(=O)O)OB(O)C2CC32)CC1. The number of amides is 1. The molecule has 1 aromatic rings. The number of carbonyl (C=O) groups is 2. The maximum absolute atomic E-state index is 12.4. The molecule has 11 heteroatoms. The van der Waals surface area contributed by atoms with Gasteiger partial charge >= 0.3 is 13.1 Å². The van der Waals surface area contributed by atoms with E-state index in [2.05, 4.69) is 4.90 Å². The fourth-order valence-electron chi connectivity index (χ4n) is 4.31. The molecule has 3 aliphatic rings. The Bertz CT molecular complexity index is 877. The molecule has 168 valence electrons. The zero-order chi connectivity index (χ0) is 22.3. The molecule has 1 amide bonds. The van der Waals surface area contributed by atoms with Gasteiger partial charge in [0.25, 0.3) is 0 Å². The molecule has 1 aromatic carbocycles. The number of carboxylic acid groups (broad SMARTS) is 1. The van der Waals surface area contributed by atoms with Gasteiger partial charge in [0, 0.05) is 49.2 Å². The first-order chi connectivity index (χ1) is 14.7. The van der Waals surface area contributed by atoms with E-state index in [4.69, 9.17) is 10.4 Å². The van der Waals surface area contributed by atoms with Gasteiger partial charge in [0.1, 0.15) is 16.9 Å². The molecule has 0 bridgehead atoms. The Balaban J connectivity index is 1.33. The quantitative estimate of drug-likeness (QED) is 0.337. The summed E-state index contributed by atoms with van der Waals surface area (Å²) in [5, 5.41) is 29.1. The first-order valence-corrected chi connectivity index (χ1v) is 11.5. The minimum absolute atomic E-state index is 0.0766. The largest absolute Gasteiger partial charge is 0.535 e. The minimum atomic E-state index is -1.26. The molecule has 2 fully saturated rings. The van der Waals surface area contributed by atoms with Gasteiger partial charge in [-0.25, -0.2) is 4.79 Å². The molecule has 4 rings (SSSR count). The third-order valence-electron chi connectivity index (χ3n) is 6.35. The van der Waals surface area contributed by atoms with E-state index in [9.17, 15) is 24.8 Å². The number of piperazine rings is 1. The average Bonchev–Trinajstić information content (AvgIpc) is 3.55. The summed E-state index contributed by atoms with van der Waals surface area (Å²) in [4.78, 5) is 28.8. The van der Waals surface area contributed by atoms with Crippen LogP contribution in [-0.2, 0) is 4.79 Å². The summed E-state index contributed by atoms with van der Waals surface area (Å²) in [5.41, 5.74) is 5.60. The van der Waals surface area contributed by atoms with Gasteiger partial charge in [0.2, 0.25) is 5.91 Å². The number of nitrogens with two attached hydrogens (primary N) is 1. The third kappa shape index (κ3) is 4.42. The van der Waals surface area contributed by atoms with Crippen molar-refractivity contribution >= 4 is 30.8 Å². The lowest BCUT2D eigenvalue weighted by Crippen LogP contribution is -2.59. The molecule has 3 atom stereocenters. The molecule has 1 aliphatic carbocycles. The first kappa shape index (κ1) is 22.4. The number of benzene rings is 1. The number of hydrogen-bond acceptors (Lipinski definition) is 8. The van der Waals surface area contributed by atoms with E-state index in [0.29, 0.717) is 42.6 Å². The Kier molecular flexibility index (Phi) is 6.24. The van der Waals surface area contributed by atoms with Gasteiger partial charge < -0.3 is 30.5 Å². The maximum Gasteiger partial charge on any atom is 0.526 e. The lowest BCUT2D eigenvalue weighted by atomic mass is 9.77. The fourth-order valence-corrected chi connectivity index (χ4v) is 5.36. The van der Waals surface area contributed by atoms with E-state index in [1.54, 1.807) is 4.90 Å². The van der Waals surface area contributed by atoms with Crippen molar-refractivity contribution in [1.29, 1.82) is 0 Å². The van der Waals surface area contributed by atoms with Gasteiger partial charge in [-0.1, -0.05) is 6.07 Å². The normalized spacial score (nSPS) is 24.6.